The predicted molar refractivity (Wildman–Crippen MR) is 113 cm³/mol. The van der Waals surface area contributed by atoms with Crippen molar-refractivity contribution in [2.24, 2.45) is 0 Å². The normalized spacial score (nSPS) is 18.4. The summed E-state index contributed by atoms with van der Waals surface area (Å²) in [5.74, 6) is 0.366. The Hall–Kier alpha value is -1.89. The lowest BCUT2D eigenvalue weighted by Crippen LogP contribution is -2.38. The van der Waals surface area contributed by atoms with Gasteiger partial charge in [-0.15, -0.1) is 0 Å². The van der Waals surface area contributed by atoms with Crippen LogP contribution in [0.25, 0.3) is 0 Å². The first kappa shape index (κ1) is 20.8. The molecule has 1 atom stereocenters. The van der Waals surface area contributed by atoms with E-state index in [-0.39, 0.29) is 11.0 Å². The van der Waals surface area contributed by atoms with Gasteiger partial charge in [-0.2, -0.15) is 0 Å². The van der Waals surface area contributed by atoms with Gasteiger partial charge in [0.2, 0.25) is 0 Å². The number of hydrogen-bond donors (Lipinski definition) is 1. The zero-order valence-corrected chi connectivity index (χ0v) is 17.9. The number of rotatable bonds is 6. The highest BCUT2D eigenvalue weighted by Crippen LogP contribution is 2.27. The fraction of sp³-hybridized carbons (Fsp3) is 0.455. The van der Waals surface area contributed by atoms with Gasteiger partial charge in [-0.25, -0.2) is 8.42 Å². The van der Waals surface area contributed by atoms with Crippen LogP contribution in [0.3, 0.4) is 0 Å². The van der Waals surface area contributed by atoms with Crippen LogP contribution in [0.4, 0.5) is 5.69 Å². The molecule has 1 N–H and O–H groups in total. The zero-order chi connectivity index (χ0) is 20.3. The highest BCUT2D eigenvalue weighted by atomic mass is 32.2. The maximum atomic E-state index is 12.8. The van der Waals surface area contributed by atoms with Crippen molar-refractivity contribution in [2.45, 2.75) is 44.6 Å². The number of aryl methyl sites for hydroxylation is 1. The minimum atomic E-state index is -3.62. The molecule has 1 heterocycles. The molecule has 0 aromatic heterocycles. The lowest BCUT2D eigenvalue weighted by atomic mass is 10.0. The van der Waals surface area contributed by atoms with Gasteiger partial charge in [0, 0.05) is 13.1 Å². The summed E-state index contributed by atoms with van der Waals surface area (Å²) in [4.78, 5) is 2.63. The number of nitrogens with zero attached hydrogens (tertiary/aromatic N) is 1. The number of ether oxygens (including phenoxy) is 1. The minimum absolute atomic E-state index is 0.0293. The van der Waals surface area contributed by atoms with Gasteiger partial charge in [0.05, 0.1) is 23.3 Å². The van der Waals surface area contributed by atoms with Crippen molar-refractivity contribution in [1.29, 1.82) is 0 Å². The van der Waals surface area contributed by atoms with Gasteiger partial charge in [-0.1, -0.05) is 45.0 Å². The molecular weight excluding hydrogens is 372 g/mol. The summed E-state index contributed by atoms with van der Waals surface area (Å²) in [7, 11) is -3.62. The maximum Gasteiger partial charge on any atom is 0.261 e. The molecule has 6 heteroatoms. The van der Waals surface area contributed by atoms with Crippen molar-refractivity contribution in [3.05, 3.63) is 59.2 Å². The van der Waals surface area contributed by atoms with Gasteiger partial charge in [-0.05, 0) is 54.3 Å². The lowest BCUT2D eigenvalue weighted by molar-refractivity contribution is -0.0281. The Bertz CT molecular complexity index is 908. The molecule has 1 aliphatic rings. The number of sulfonamides is 1. The molecule has 2 aromatic rings. The molecule has 1 fully saturated rings. The van der Waals surface area contributed by atoms with Crippen molar-refractivity contribution in [2.75, 3.05) is 31.0 Å². The fourth-order valence-electron chi connectivity index (χ4n) is 3.43. The lowest BCUT2D eigenvalue weighted by Gasteiger charge is -2.32. The zero-order valence-electron chi connectivity index (χ0n) is 17.1. The van der Waals surface area contributed by atoms with E-state index in [2.05, 4.69) is 30.4 Å². The Balaban J connectivity index is 1.76. The standard InChI is InChI=1S/C22H30N2O3S/c1-5-24-12-13-27-22(15-24)19-8-11-21(17(4)14-19)23-28(25,26)20-9-6-18(7-10-20)16(2)3/h6-11,14,16,22-23H,5,12-13,15H2,1-4H3/t22-/m1/s1. The second-order valence-corrected chi connectivity index (χ2v) is 9.34. The van der Waals surface area contributed by atoms with Crippen molar-refractivity contribution < 1.29 is 13.2 Å². The Morgan fingerprint density at radius 3 is 2.50 bits per heavy atom. The first-order valence-electron chi connectivity index (χ1n) is 9.87. The fourth-order valence-corrected chi connectivity index (χ4v) is 4.56. The van der Waals surface area contributed by atoms with E-state index in [9.17, 15) is 8.42 Å². The summed E-state index contributed by atoms with van der Waals surface area (Å²) in [6.45, 7) is 11.8. The third-order valence-electron chi connectivity index (χ3n) is 5.32. The number of likely N-dealkylation sites (N-methyl/N-ethyl adjacent to an activating group) is 1. The van der Waals surface area contributed by atoms with Gasteiger partial charge < -0.3 is 4.74 Å². The highest BCUT2D eigenvalue weighted by molar-refractivity contribution is 7.92. The molecule has 28 heavy (non-hydrogen) atoms. The molecule has 0 saturated carbocycles. The average Bonchev–Trinajstić information content (AvgIpc) is 2.69. The summed E-state index contributed by atoms with van der Waals surface area (Å²) in [5, 5.41) is 0. The van der Waals surface area contributed by atoms with Gasteiger partial charge in [-0.3, -0.25) is 9.62 Å². The van der Waals surface area contributed by atoms with Crippen LogP contribution in [0.1, 0.15) is 49.5 Å². The van der Waals surface area contributed by atoms with Gasteiger partial charge >= 0.3 is 0 Å². The van der Waals surface area contributed by atoms with E-state index in [1.165, 1.54) is 0 Å². The molecule has 0 unspecified atom stereocenters. The third-order valence-corrected chi connectivity index (χ3v) is 6.70. The summed E-state index contributed by atoms with van der Waals surface area (Å²) < 4.78 is 34.2. The molecule has 2 aromatic carbocycles. The molecule has 0 radical (unpaired) electrons. The second kappa shape index (κ2) is 8.64. The van der Waals surface area contributed by atoms with Gasteiger partial charge in [0.1, 0.15) is 0 Å². The molecule has 0 amide bonds. The van der Waals surface area contributed by atoms with E-state index in [0.717, 1.165) is 42.9 Å². The van der Waals surface area contributed by atoms with Gasteiger partial charge in [0.15, 0.2) is 0 Å². The first-order chi connectivity index (χ1) is 13.3. The van der Waals surface area contributed by atoms with Crippen molar-refractivity contribution in [1.82, 2.24) is 4.90 Å². The molecule has 0 bridgehead atoms. The minimum Gasteiger partial charge on any atom is -0.371 e. The van der Waals surface area contributed by atoms with Crippen molar-refractivity contribution in [3.63, 3.8) is 0 Å². The summed E-state index contributed by atoms with van der Waals surface area (Å²) in [6, 6.07) is 12.9. The summed E-state index contributed by atoms with van der Waals surface area (Å²) >= 11 is 0. The number of anilines is 1. The van der Waals surface area contributed by atoms with Crippen LogP contribution in [0, 0.1) is 6.92 Å². The number of morpholine rings is 1. The largest absolute Gasteiger partial charge is 0.371 e. The van der Waals surface area contributed by atoms with E-state index in [1.54, 1.807) is 12.1 Å². The van der Waals surface area contributed by atoms with Crippen LogP contribution in [-0.2, 0) is 14.8 Å². The molecule has 5 nitrogen and oxygen atoms in total. The highest BCUT2D eigenvalue weighted by Gasteiger charge is 2.22. The average molecular weight is 403 g/mol. The van der Waals surface area contributed by atoms with Crippen molar-refractivity contribution >= 4 is 15.7 Å². The Morgan fingerprint density at radius 2 is 1.89 bits per heavy atom. The Labute approximate surface area is 168 Å². The smallest absolute Gasteiger partial charge is 0.261 e. The summed E-state index contributed by atoms with van der Waals surface area (Å²) in [5.41, 5.74) is 3.69. The van der Waals surface area contributed by atoms with Crippen LogP contribution in [0.15, 0.2) is 47.4 Å². The van der Waals surface area contributed by atoms with E-state index < -0.39 is 10.0 Å². The number of hydrogen-bond acceptors (Lipinski definition) is 4. The second-order valence-electron chi connectivity index (χ2n) is 7.66. The Morgan fingerprint density at radius 1 is 1.18 bits per heavy atom. The molecular formula is C22H30N2O3S. The van der Waals surface area contributed by atoms with Crippen LogP contribution in [0.5, 0.6) is 0 Å². The van der Waals surface area contributed by atoms with E-state index >= 15 is 0 Å². The quantitative estimate of drug-likeness (QED) is 0.782. The van der Waals surface area contributed by atoms with Crippen LogP contribution in [-0.4, -0.2) is 39.6 Å². The first-order valence-corrected chi connectivity index (χ1v) is 11.4. The Kier molecular flexibility index (Phi) is 6.43. The molecule has 152 valence electrons. The van der Waals surface area contributed by atoms with Gasteiger partial charge in [0.25, 0.3) is 10.0 Å². The third kappa shape index (κ3) is 4.74. The predicted octanol–water partition coefficient (Wildman–Crippen LogP) is 4.31. The van der Waals surface area contributed by atoms with E-state index in [4.69, 9.17) is 4.74 Å². The van der Waals surface area contributed by atoms with E-state index in [1.807, 2.05) is 37.3 Å². The maximum absolute atomic E-state index is 12.8. The van der Waals surface area contributed by atoms with E-state index in [0.29, 0.717) is 11.6 Å². The number of nitrogens with one attached hydrogen (secondary N) is 1. The molecule has 1 saturated heterocycles. The topological polar surface area (TPSA) is 58.6 Å². The SMILES string of the molecule is CCN1CCO[C@@H](c2ccc(NS(=O)(=O)c3ccc(C(C)C)cc3)c(C)c2)C1. The number of benzene rings is 2. The molecule has 3 rings (SSSR count). The van der Waals surface area contributed by atoms with Crippen LogP contribution >= 0.6 is 0 Å². The summed E-state index contributed by atoms with van der Waals surface area (Å²) in [6.07, 6.45) is 0.0293. The van der Waals surface area contributed by atoms with Crippen molar-refractivity contribution in [3.8, 4) is 0 Å². The molecule has 1 aliphatic heterocycles. The van der Waals surface area contributed by atoms with Crippen LogP contribution < -0.4 is 4.72 Å². The monoisotopic (exact) mass is 402 g/mol. The van der Waals surface area contributed by atoms with Crippen LogP contribution in [0.2, 0.25) is 0 Å². The molecule has 0 spiro atoms. The molecule has 0 aliphatic carbocycles.